The van der Waals surface area contributed by atoms with Crippen molar-refractivity contribution in [1.29, 1.82) is 0 Å². The summed E-state index contributed by atoms with van der Waals surface area (Å²) in [6, 6.07) is 8.38. The number of aromatic nitrogens is 1. The molecule has 0 spiro atoms. The van der Waals surface area contributed by atoms with Gasteiger partial charge in [-0.3, -0.25) is 4.79 Å². The van der Waals surface area contributed by atoms with Crippen LogP contribution in [0.15, 0.2) is 40.8 Å². The Hall–Kier alpha value is -1.68. The molecule has 1 amide bonds. The van der Waals surface area contributed by atoms with Crippen molar-refractivity contribution < 1.29 is 4.79 Å². The minimum Gasteiger partial charge on any atom is -0.350 e. The number of amides is 1. The molecule has 1 aliphatic carbocycles. The first-order valence-electron chi connectivity index (χ1n) is 8.54. The average Bonchev–Trinajstić information content (AvgIpc) is 2.97. The van der Waals surface area contributed by atoms with Crippen molar-refractivity contribution in [2.24, 2.45) is 0 Å². The molecule has 0 unspecified atom stereocenters. The number of thioether (sulfide) groups is 1. The molecule has 0 saturated heterocycles. The number of hydrogen-bond donors (Lipinski definition) is 1. The zero-order valence-electron chi connectivity index (χ0n) is 13.3. The lowest BCUT2D eigenvalue weighted by Crippen LogP contribution is -2.27. The number of allylic oxidation sites excluding steroid dienone is 1. The second-order valence-corrected chi connectivity index (χ2v) is 7.47. The van der Waals surface area contributed by atoms with Crippen LogP contribution < -0.4 is 5.32 Å². The molecule has 4 rings (SSSR count). The van der Waals surface area contributed by atoms with Crippen LogP contribution in [0.3, 0.4) is 0 Å². The SMILES string of the molecule is O=C(NCCC1=CCCCC1)c1cc2cccc3c2n1CCS3. The highest BCUT2D eigenvalue weighted by molar-refractivity contribution is 7.99. The molecule has 4 heteroatoms. The minimum absolute atomic E-state index is 0.0652. The van der Waals surface area contributed by atoms with E-state index in [9.17, 15) is 4.79 Å². The first-order chi connectivity index (χ1) is 11.3. The number of nitrogens with one attached hydrogen (secondary N) is 1. The fraction of sp³-hybridized carbons (Fsp3) is 0.421. The highest BCUT2D eigenvalue weighted by Crippen LogP contribution is 2.34. The van der Waals surface area contributed by atoms with E-state index in [-0.39, 0.29) is 5.91 Å². The van der Waals surface area contributed by atoms with E-state index in [4.69, 9.17) is 0 Å². The lowest BCUT2D eigenvalue weighted by Gasteiger charge is -2.17. The Morgan fingerprint density at radius 2 is 2.26 bits per heavy atom. The van der Waals surface area contributed by atoms with Crippen LogP contribution in [0.5, 0.6) is 0 Å². The predicted octanol–water partition coefficient (Wildman–Crippen LogP) is 4.37. The Kier molecular flexibility index (Phi) is 4.17. The molecule has 2 aromatic rings. The normalized spacial score (nSPS) is 17.1. The molecule has 0 radical (unpaired) electrons. The molecule has 0 fully saturated rings. The summed E-state index contributed by atoms with van der Waals surface area (Å²) in [7, 11) is 0. The van der Waals surface area contributed by atoms with E-state index in [1.54, 1.807) is 0 Å². The van der Waals surface area contributed by atoms with Gasteiger partial charge in [0.1, 0.15) is 5.69 Å². The second kappa shape index (κ2) is 6.44. The molecular formula is C19H22N2OS. The Morgan fingerprint density at radius 3 is 3.13 bits per heavy atom. The molecule has 0 atom stereocenters. The van der Waals surface area contributed by atoms with Crippen LogP contribution in [0.1, 0.15) is 42.6 Å². The second-order valence-electron chi connectivity index (χ2n) is 6.34. The smallest absolute Gasteiger partial charge is 0.267 e. The Balaban J connectivity index is 1.49. The molecule has 1 aromatic heterocycles. The molecule has 1 aliphatic heterocycles. The number of para-hydroxylation sites is 1. The molecular weight excluding hydrogens is 304 g/mol. The van der Waals surface area contributed by atoms with Crippen molar-refractivity contribution in [2.45, 2.75) is 43.5 Å². The van der Waals surface area contributed by atoms with E-state index < -0.39 is 0 Å². The first kappa shape index (κ1) is 14.9. The van der Waals surface area contributed by atoms with Gasteiger partial charge in [0.25, 0.3) is 5.91 Å². The van der Waals surface area contributed by atoms with Gasteiger partial charge in [0.05, 0.1) is 5.52 Å². The molecule has 23 heavy (non-hydrogen) atoms. The number of hydrogen-bond acceptors (Lipinski definition) is 2. The summed E-state index contributed by atoms with van der Waals surface area (Å²) < 4.78 is 2.19. The monoisotopic (exact) mass is 326 g/mol. The molecule has 0 saturated carbocycles. The van der Waals surface area contributed by atoms with Gasteiger partial charge in [-0.1, -0.05) is 23.8 Å². The first-order valence-corrected chi connectivity index (χ1v) is 9.52. The summed E-state index contributed by atoms with van der Waals surface area (Å²) in [6.07, 6.45) is 8.38. The van der Waals surface area contributed by atoms with Crippen molar-refractivity contribution in [3.05, 3.63) is 41.6 Å². The molecule has 1 aromatic carbocycles. The fourth-order valence-corrected chi connectivity index (χ4v) is 4.67. The zero-order chi connectivity index (χ0) is 15.6. The van der Waals surface area contributed by atoms with Crippen LogP contribution >= 0.6 is 11.8 Å². The van der Waals surface area contributed by atoms with Crippen molar-refractivity contribution in [3.63, 3.8) is 0 Å². The lowest BCUT2D eigenvalue weighted by atomic mass is 9.97. The third kappa shape index (κ3) is 2.92. The van der Waals surface area contributed by atoms with Gasteiger partial charge in [0, 0.05) is 29.1 Å². The maximum atomic E-state index is 12.6. The summed E-state index contributed by atoms with van der Waals surface area (Å²) in [6.45, 7) is 1.66. The highest BCUT2D eigenvalue weighted by atomic mass is 32.2. The molecule has 2 aliphatic rings. The Morgan fingerprint density at radius 1 is 1.30 bits per heavy atom. The van der Waals surface area contributed by atoms with Crippen molar-refractivity contribution in [2.75, 3.05) is 12.3 Å². The minimum atomic E-state index is 0.0652. The van der Waals surface area contributed by atoms with E-state index >= 15 is 0 Å². The maximum Gasteiger partial charge on any atom is 0.267 e. The third-order valence-corrected chi connectivity index (χ3v) is 5.83. The maximum absolute atomic E-state index is 12.6. The molecule has 2 heterocycles. The molecule has 3 nitrogen and oxygen atoms in total. The predicted molar refractivity (Wildman–Crippen MR) is 96.2 cm³/mol. The highest BCUT2D eigenvalue weighted by Gasteiger charge is 2.20. The standard InChI is InChI=1S/C19H22N2OS/c22-19(20-10-9-14-5-2-1-3-6-14)16-13-15-7-4-8-17-18(15)21(16)11-12-23-17/h4-5,7-8,13H,1-3,6,9-12H2,(H,20,22). The summed E-state index contributed by atoms with van der Waals surface area (Å²) in [5, 5.41) is 4.29. The quantitative estimate of drug-likeness (QED) is 0.847. The van der Waals surface area contributed by atoms with Gasteiger partial charge in [-0.05, 0) is 44.2 Å². The van der Waals surface area contributed by atoms with Crippen LogP contribution in [0.4, 0.5) is 0 Å². The van der Waals surface area contributed by atoms with Gasteiger partial charge in [-0.2, -0.15) is 0 Å². The van der Waals surface area contributed by atoms with Gasteiger partial charge in [0.15, 0.2) is 0 Å². The number of benzene rings is 1. The fourth-order valence-electron chi connectivity index (χ4n) is 3.63. The molecule has 1 N–H and O–H groups in total. The zero-order valence-corrected chi connectivity index (χ0v) is 14.1. The van der Waals surface area contributed by atoms with Gasteiger partial charge < -0.3 is 9.88 Å². The van der Waals surface area contributed by atoms with Crippen molar-refractivity contribution in [3.8, 4) is 0 Å². The van der Waals surface area contributed by atoms with E-state index in [1.807, 2.05) is 17.8 Å². The molecule has 0 bridgehead atoms. The Bertz CT molecular complexity index is 775. The van der Waals surface area contributed by atoms with E-state index in [1.165, 1.54) is 47.1 Å². The largest absolute Gasteiger partial charge is 0.350 e. The van der Waals surface area contributed by atoms with Crippen LogP contribution in [0.2, 0.25) is 0 Å². The number of rotatable bonds is 4. The number of nitrogens with zero attached hydrogens (tertiary/aromatic N) is 1. The topological polar surface area (TPSA) is 34.0 Å². The molecule has 120 valence electrons. The number of carbonyl (C=O) groups excluding carboxylic acids is 1. The van der Waals surface area contributed by atoms with Crippen molar-refractivity contribution in [1.82, 2.24) is 9.88 Å². The van der Waals surface area contributed by atoms with Crippen LogP contribution in [-0.2, 0) is 6.54 Å². The van der Waals surface area contributed by atoms with Crippen LogP contribution in [0, 0.1) is 0 Å². The van der Waals surface area contributed by atoms with Crippen LogP contribution in [-0.4, -0.2) is 22.8 Å². The van der Waals surface area contributed by atoms with Crippen molar-refractivity contribution >= 4 is 28.6 Å². The van der Waals surface area contributed by atoms with Gasteiger partial charge >= 0.3 is 0 Å². The van der Waals surface area contributed by atoms with E-state index in [2.05, 4.69) is 34.2 Å². The summed E-state index contributed by atoms with van der Waals surface area (Å²) >= 11 is 1.88. The Labute approximate surface area is 141 Å². The average molecular weight is 326 g/mol. The van der Waals surface area contributed by atoms with E-state index in [0.717, 1.165) is 31.0 Å². The lowest BCUT2D eigenvalue weighted by molar-refractivity contribution is 0.0945. The van der Waals surface area contributed by atoms with Gasteiger partial charge in [0.2, 0.25) is 0 Å². The van der Waals surface area contributed by atoms with E-state index in [0.29, 0.717) is 0 Å². The van der Waals surface area contributed by atoms with Gasteiger partial charge in [-0.15, -0.1) is 11.8 Å². The summed E-state index contributed by atoms with van der Waals surface area (Å²) in [4.78, 5) is 13.9. The van der Waals surface area contributed by atoms with Gasteiger partial charge in [-0.25, -0.2) is 0 Å². The summed E-state index contributed by atoms with van der Waals surface area (Å²) in [5.41, 5.74) is 3.55. The number of aryl methyl sites for hydroxylation is 1. The third-order valence-electron chi connectivity index (χ3n) is 4.80. The van der Waals surface area contributed by atoms with Crippen LogP contribution in [0.25, 0.3) is 10.9 Å². The summed E-state index contributed by atoms with van der Waals surface area (Å²) in [5.74, 6) is 1.10. The number of carbonyl (C=O) groups is 1.